The van der Waals surface area contributed by atoms with Crippen LogP contribution in [0.5, 0.6) is 0 Å². The minimum absolute atomic E-state index is 0.0640. The van der Waals surface area contributed by atoms with Gasteiger partial charge in [-0.15, -0.1) is 0 Å². The van der Waals surface area contributed by atoms with Crippen molar-refractivity contribution in [3.63, 3.8) is 0 Å². The second-order valence-electron chi connectivity index (χ2n) is 5.93. The molecule has 5 heteroatoms. The largest absolute Gasteiger partial charge is 0.456 e. The van der Waals surface area contributed by atoms with Crippen molar-refractivity contribution in [2.24, 2.45) is 17.7 Å². The molecular weight excluding hydrogens is 271 g/mol. The number of hydrogen-bond acceptors (Lipinski definition) is 4. The van der Waals surface area contributed by atoms with Gasteiger partial charge in [0.15, 0.2) is 11.4 Å². The van der Waals surface area contributed by atoms with Crippen LogP contribution in [0.4, 0.5) is 4.39 Å². The van der Waals surface area contributed by atoms with Crippen molar-refractivity contribution in [1.29, 1.82) is 0 Å². The first-order valence-electron chi connectivity index (χ1n) is 7.32. The maximum Gasteiger partial charge on any atom is 0.169 e. The zero-order valence-electron chi connectivity index (χ0n) is 12.5. The van der Waals surface area contributed by atoms with Crippen molar-refractivity contribution >= 4 is 11.0 Å². The first kappa shape index (κ1) is 14.5. The molecular formula is C16H21FN2O2. The van der Waals surface area contributed by atoms with E-state index >= 15 is 0 Å². The summed E-state index contributed by atoms with van der Waals surface area (Å²) in [4.78, 5) is 0. The number of hydrazine groups is 1. The molecule has 0 radical (unpaired) electrons. The van der Waals surface area contributed by atoms with Gasteiger partial charge in [0.25, 0.3) is 0 Å². The van der Waals surface area contributed by atoms with Gasteiger partial charge in [-0.2, -0.15) is 0 Å². The quantitative estimate of drug-likeness (QED) is 0.674. The summed E-state index contributed by atoms with van der Waals surface area (Å²) in [6.07, 6.45) is 0.232. The van der Waals surface area contributed by atoms with Gasteiger partial charge in [0, 0.05) is 11.3 Å². The van der Waals surface area contributed by atoms with Gasteiger partial charge >= 0.3 is 0 Å². The fourth-order valence-electron chi connectivity index (χ4n) is 3.45. The van der Waals surface area contributed by atoms with Crippen LogP contribution >= 0.6 is 0 Å². The third-order valence-electron chi connectivity index (χ3n) is 4.70. The van der Waals surface area contributed by atoms with E-state index in [0.717, 1.165) is 5.39 Å². The van der Waals surface area contributed by atoms with E-state index in [1.807, 2.05) is 19.1 Å². The average Bonchev–Trinajstić information content (AvgIpc) is 2.97. The smallest absolute Gasteiger partial charge is 0.169 e. The molecule has 3 N–H and O–H groups in total. The van der Waals surface area contributed by atoms with Crippen molar-refractivity contribution < 1.29 is 13.5 Å². The molecule has 4 nitrogen and oxygen atoms in total. The number of benzene rings is 1. The molecule has 0 bridgehead atoms. The molecule has 2 heterocycles. The van der Waals surface area contributed by atoms with Gasteiger partial charge in [-0.3, -0.25) is 5.84 Å². The van der Waals surface area contributed by atoms with Crippen LogP contribution in [0.1, 0.15) is 32.6 Å². The average molecular weight is 292 g/mol. The van der Waals surface area contributed by atoms with E-state index < -0.39 is 0 Å². The molecule has 1 aromatic carbocycles. The van der Waals surface area contributed by atoms with Crippen LogP contribution in [0.25, 0.3) is 11.0 Å². The van der Waals surface area contributed by atoms with Crippen molar-refractivity contribution in [2.75, 3.05) is 0 Å². The summed E-state index contributed by atoms with van der Waals surface area (Å²) in [6, 6.07) is 6.55. The molecule has 3 rings (SSSR count). The van der Waals surface area contributed by atoms with E-state index in [1.54, 1.807) is 6.07 Å². The Labute approximate surface area is 123 Å². The number of para-hydroxylation sites is 1. The Kier molecular flexibility index (Phi) is 3.73. The van der Waals surface area contributed by atoms with E-state index in [0.29, 0.717) is 11.7 Å². The fraction of sp³-hybridized carbons (Fsp3) is 0.500. The summed E-state index contributed by atoms with van der Waals surface area (Å²) in [5.41, 5.74) is 3.10. The first-order chi connectivity index (χ1) is 10.0. The van der Waals surface area contributed by atoms with Crippen LogP contribution in [-0.4, -0.2) is 12.2 Å². The van der Waals surface area contributed by atoms with Gasteiger partial charge in [0.1, 0.15) is 5.76 Å². The van der Waals surface area contributed by atoms with E-state index in [-0.39, 0.29) is 35.6 Å². The number of ether oxygens (including phenoxy) is 1. The van der Waals surface area contributed by atoms with Crippen LogP contribution in [0.3, 0.4) is 0 Å². The lowest BCUT2D eigenvalue weighted by atomic mass is 9.82. The van der Waals surface area contributed by atoms with Crippen LogP contribution in [0, 0.1) is 17.7 Å². The van der Waals surface area contributed by atoms with Gasteiger partial charge in [-0.05, 0) is 31.9 Å². The van der Waals surface area contributed by atoms with Gasteiger partial charge in [0.2, 0.25) is 0 Å². The molecule has 0 saturated carbocycles. The van der Waals surface area contributed by atoms with E-state index in [1.165, 1.54) is 6.07 Å². The lowest BCUT2D eigenvalue weighted by Gasteiger charge is -2.26. The SMILES string of the molecule is CC1OC(C)C(C(NN)c2cc3cccc(F)c3o2)C1C. The summed E-state index contributed by atoms with van der Waals surface area (Å²) in [6.45, 7) is 6.25. The van der Waals surface area contributed by atoms with Gasteiger partial charge in [-0.1, -0.05) is 19.1 Å². The Bertz CT molecular complexity index is 642. The van der Waals surface area contributed by atoms with Crippen molar-refractivity contribution in [3.8, 4) is 0 Å². The minimum atomic E-state index is -0.355. The number of halogens is 1. The van der Waals surface area contributed by atoms with Crippen LogP contribution in [0.2, 0.25) is 0 Å². The van der Waals surface area contributed by atoms with E-state index in [9.17, 15) is 4.39 Å². The maximum atomic E-state index is 13.8. The zero-order valence-corrected chi connectivity index (χ0v) is 12.5. The number of hydrogen-bond donors (Lipinski definition) is 2. The Morgan fingerprint density at radius 3 is 2.57 bits per heavy atom. The molecule has 1 aliphatic heterocycles. The molecule has 5 unspecified atom stereocenters. The Hall–Kier alpha value is -1.43. The highest BCUT2D eigenvalue weighted by molar-refractivity contribution is 5.78. The third-order valence-corrected chi connectivity index (χ3v) is 4.70. The molecule has 5 atom stereocenters. The standard InChI is InChI=1S/C16H21FN2O2/c1-8-9(2)20-10(3)14(8)15(19-18)13-7-11-5-4-6-12(17)16(11)21-13/h4-10,14-15,19H,18H2,1-3H3. The number of fused-ring (bicyclic) bond motifs is 1. The summed E-state index contributed by atoms with van der Waals surface area (Å²) < 4.78 is 25.4. The van der Waals surface area contributed by atoms with Crippen LogP contribution in [-0.2, 0) is 4.74 Å². The van der Waals surface area contributed by atoms with Crippen LogP contribution < -0.4 is 11.3 Å². The zero-order chi connectivity index (χ0) is 15.1. The highest BCUT2D eigenvalue weighted by Gasteiger charge is 2.43. The predicted molar refractivity (Wildman–Crippen MR) is 78.9 cm³/mol. The second-order valence-corrected chi connectivity index (χ2v) is 5.93. The summed E-state index contributed by atoms with van der Waals surface area (Å²) in [5.74, 6) is 6.56. The molecule has 1 aliphatic rings. The molecule has 1 fully saturated rings. The lowest BCUT2D eigenvalue weighted by molar-refractivity contribution is 0.0466. The Balaban J connectivity index is 2.00. The molecule has 0 spiro atoms. The monoisotopic (exact) mass is 292 g/mol. The van der Waals surface area contributed by atoms with Crippen molar-refractivity contribution in [3.05, 3.63) is 35.8 Å². The summed E-state index contributed by atoms with van der Waals surface area (Å²) in [5, 5.41) is 0.748. The third kappa shape index (κ3) is 2.35. The molecule has 0 amide bonds. The minimum Gasteiger partial charge on any atom is -0.456 e. The summed E-state index contributed by atoms with van der Waals surface area (Å²) in [7, 11) is 0. The summed E-state index contributed by atoms with van der Waals surface area (Å²) >= 11 is 0. The molecule has 21 heavy (non-hydrogen) atoms. The highest BCUT2D eigenvalue weighted by atomic mass is 19.1. The molecule has 2 aromatic rings. The van der Waals surface area contributed by atoms with E-state index in [2.05, 4.69) is 19.3 Å². The molecule has 1 saturated heterocycles. The van der Waals surface area contributed by atoms with E-state index in [4.69, 9.17) is 15.0 Å². The molecule has 1 aromatic heterocycles. The number of nitrogens with two attached hydrogens (primary N) is 1. The van der Waals surface area contributed by atoms with Crippen LogP contribution in [0.15, 0.2) is 28.7 Å². The maximum absolute atomic E-state index is 13.8. The fourth-order valence-corrected chi connectivity index (χ4v) is 3.45. The first-order valence-corrected chi connectivity index (χ1v) is 7.32. The van der Waals surface area contributed by atoms with Gasteiger partial charge < -0.3 is 9.15 Å². The molecule has 0 aliphatic carbocycles. The topological polar surface area (TPSA) is 60.4 Å². The second kappa shape index (κ2) is 5.40. The highest BCUT2D eigenvalue weighted by Crippen LogP contribution is 2.41. The number of rotatable bonds is 3. The van der Waals surface area contributed by atoms with Gasteiger partial charge in [-0.25, -0.2) is 9.82 Å². The Morgan fingerprint density at radius 2 is 2.00 bits per heavy atom. The lowest BCUT2D eigenvalue weighted by Crippen LogP contribution is -2.38. The predicted octanol–water partition coefficient (Wildman–Crippen LogP) is 3.14. The van der Waals surface area contributed by atoms with Crippen molar-refractivity contribution in [2.45, 2.75) is 39.0 Å². The number of nitrogens with one attached hydrogen (secondary N) is 1. The normalized spacial score (nSPS) is 30.9. The van der Waals surface area contributed by atoms with Crippen molar-refractivity contribution in [1.82, 2.24) is 5.43 Å². The molecule has 114 valence electrons. The Morgan fingerprint density at radius 1 is 1.24 bits per heavy atom. The van der Waals surface area contributed by atoms with Gasteiger partial charge in [0.05, 0.1) is 18.2 Å². The number of furan rings is 1.